The Morgan fingerprint density at radius 1 is 1.05 bits per heavy atom. The van der Waals surface area contributed by atoms with Crippen molar-refractivity contribution in [3.8, 4) is 5.75 Å². The van der Waals surface area contributed by atoms with Crippen LogP contribution in [0.1, 0.15) is 16.1 Å². The molecule has 1 heterocycles. The third kappa shape index (κ3) is 2.60. The molecule has 1 aromatic heterocycles. The van der Waals surface area contributed by atoms with Crippen molar-refractivity contribution in [3.63, 3.8) is 0 Å². The van der Waals surface area contributed by atoms with Crippen molar-refractivity contribution in [1.82, 2.24) is 0 Å². The first kappa shape index (κ1) is 13.2. The van der Waals surface area contributed by atoms with E-state index in [0.717, 1.165) is 11.1 Å². The van der Waals surface area contributed by atoms with Crippen LogP contribution in [-0.4, -0.2) is 13.1 Å². The molecule has 0 aliphatic rings. The largest absolute Gasteiger partial charge is 0.489 e. The number of hydrogen-bond donors (Lipinski definition) is 0. The molecule has 0 aliphatic heterocycles. The second kappa shape index (κ2) is 5.71. The maximum absolute atomic E-state index is 11.8. The van der Waals surface area contributed by atoms with Crippen LogP contribution in [0.2, 0.25) is 0 Å². The molecule has 0 saturated heterocycles. The number of furan rings is 1. The Morgan fingerprint density at radius 3 is 2.52 bits per heavy atom. The molecule has 0 atom stereocenters. The zero-order valence-corrected chi connectivity index (χ0v) is 11.5. The van der Waals surface area contributed by atoms with E-state index in [1.807, 2.05) is 54.6 Å². The molecule has 0 spiro atoms. The van der Waals surface area contributed by atoms with Crippen molar-refractivity contribution in [1.29, 1.82) is 0 Å². The quantitative estimate of drug-likeness (QED) is 0.683. The Hall–Kier alpha value is -2.75. The smallest absolute Gasteiger partial charge is 0.374 e. The molecule has 0 unspecified atom stereocenters. The highest BCUT2D eigenvalue weighted by Crippen LogP contribution is 2.27. The second-order valence-corrected chi connectivity index (χ2v) is 4.50. The van der Waals surface area contributed by atoms with E-state index in [9.17, 15) is 4.79 Å². The van der Waals surface area contributed by atoms with Gasteiger partial charge in [-0.3, -0.25) is 0 Å². The van der Waals surface area contributed by atoms with Crippen LogP contribution in [-0.2, 0) is 11.3 Å². The number of hydrogen-bond acceptors (Lipinski definition) is 4. The van der Waals surface area contributed by atoms with Crippen LogP contribution in [0.25, 0.3) is 11.0 Å². The molecule has 0 fully saturated rings. The molecule has 0 aliphatic carbocycles. The van der Waals surface area contributed by atoms with Gasteiger partial charge in [0.05, 0.1) is 12.7 Å². The van der Waals surface area contributed by atoms with E-state index in [2.05, 4.69) is 0 Å². The fourth-order valence-corrected chi connectivity index (χ4v) is 2.17. The van der Waals surface area contributed by atoms with Gasteiger partial charge < -0.3 is 13.9 Å². The van der Waals surface area contributed by atoms with Gasteiger partial charge in [-0.1, -0.05) is 36.4 Å². The minimum absolute atomic E-state index is 0.189. The number of fused-ring (bicyclic) bond motifs is 1. The number of esters is 1. The SMILES string of the molecule is COC(=O)c1oc2ccccc2c1COc1ccccc1. The van der Waals surface area contributed by atoms with Gasteiger partial charge in [-0.2, -0.15) is 0 Å². The van der Waals surface area contributed by atoms with E-state index in [1.165, 1.54) is 7.11 Å². The van der Waals surface area contributed by atoms with Crippen LogP contribution in [0.15, 0.2) is 59.0 Å². The summed E-state index contributed by atoms with van der Waals surface area (Å²) in [6, 6.07) is 16.9. The summed E-state index contributed by atoms with van der Waals surface area (Å²) in [5.74, 6) is 0.422. The summed E-state index contributed by atoms with van der Waals surface area (Å²) in [5, 5.41) is 0.855. The summed E-state index contributed by atoms with van der Waals surface area (Å²) in [7, 11) is 1.33. The first-order valence-electron chi connectivity index (χ1n) is 6.56. The Labute approximate surface area is 121 Å². The number of rotatable bonds is 4. The van der Waals surface area contributed by atoms with E-state index in [-0.39, 0.29) is 12.4 Å². The minimum atomic E-state index is -0.502. The first-order valence-corrected chi connectivity index (χ1v) is 6.56. The molecule has 0 bridgehead atoms. The first-order chi connectivity index (χ1) is 10.3. The number of ether oxygens (including phenoxy) is 2. The summed E-state index contributed by atoms with van der Waals surface area (Å²) in [4.78, 5) is 11.8. The summed E-state index contributed by atoms with van der Waals surface area (Å²) in [6.07, 6.45) is 0. The maximum Gasteiger partial charge on any atom is 0.374 e. The van der Waals surface area contributed by atoms with Crippen molar-refractivity contribution in [2.45, 2.75) is 6.61 Å². The third-order valence-corrected chi connectivity index (χ3v) is 3.20. The van der Waals surface area contributed by atoms with Gasteiger partial charge >= 0.3 is 5.97 Å². The average Bonchev–Trinajstić information content (AvgIpc) is 2.92. The predicted octanol–water partition coefficient (Wildman–Crippen LogP) is 3.80. The van der Waals surface area contributed by atoms with Crippen molar-refractivity contribution >= 4 is 16.9 Å². The van der Waals surface area contributed by atoms with Gasteiger partial charge in [-0.15, -0.1) is 0 Å². The predicted molar refractivity (Wildman–Crippen MR) is 78.3 cm³/mol. The standard InChI is InChI=1S/C17H14O4/c1-19-17(18)16-14(11-20-12-7-3-2-4-8-12)13-9-5-6-10-15(13)21-16/h2-10H,11H2,1H3. The molecule has 106 valence electrons. The topological polar surface area (TPSA) is 48.7 Å². The zero-order chi connectivity index (χ0) is 14.7. The molecular formula is C17H14O4. The van der Waals surface area contributed by atoms with E-state index < -0.39 is 5.97 Å². The van der Waals surface area contributed by atoms with Crippen LogP contribution in [0, 0.1) is 0 Å². The summed E-state index contributed by atoms with van der Waals surface area (Å²) in [5.41, 5.74) is 1.34. The zero-order valence-electron chi connectivity index (χ0n) is 11.5. The molecule has 0 saturated carbocycles. The Morgan fingerprint density at radius 2 is 1.76 bits per heavy atom. The lowest BCUT2D eigenvalue weighted by Gasteiger charge is -2.06. The fraction of sp³-hybridized carbons (Fsp3) is 0.118. The summed E-state index contributed by atoms with van der Waals surface area (Å²) in [6.45, 7) is 0.242. The molecule has 0 N–H and O–H groups in total. The van der Waals surface area contributed by atoms with Crippen molar-refractivity contribution in [3.05, 3.63) is 65.9 Å². The lowest BCUT2D eigenvalue weighted by molar-refractivity contribution is 0.0563. The number of carbonyl (C=O) groups excluding carboxylic acids is 1. The van der Waals surface area contributed by atoms with Crippen LogP contribution < -0.4 is 4.74 Å². The van der Waals surface area contributed by atoms with Gasteiger partial charge in [-0.05, 0) is 18.2 Å². The highest BCUT2D eigenvalue weighted by Gasteiger charge is 2.21. The normalized spacial score (nSPS) is 10.5. The number of carbonyl (C=O) groups is 1. The van der Waals surface area contributed by atoms with E-state index in [1.54, 1.807) is 0 Å². The average molecular weight is 282 g/mol. The molecule has 2 aromatic carbocycles. The fourth-order valence-electron chi connectivity index (χ4n) is 2.17. The number of benzene rings is 2. The number of methoxy groups -OCH3 is 1. The van der Waals surface area contributed by atoms with E-state index in [4.69, 9.17) is 13.9 Å². The second-order valence-electron chi connectivity index (χ2n) is 4.50. The van der Waals surface area contributed by atoms with Crippen LogP contribution >= 0.6 is 0 Å². The molecule has 4 heteroatoms. The van der Waals surface area contributed by atoms with Gasteiger partial charge in [0.15, 0.2) is 0 Å². The van der Waals surface area contributed by atoms with Crippen LogP contribution in [0.4, 0.5) is 0 Å². The van der Waals surface area contributed by atoms with Gasteiger partial charge in [0.2, 0.25) is 5.76 Å². The van der Waals surface area contributed by atoms with Gasteiger partial charge in [0.1, 0.15) is 17.9 Å². The molecule has 0 amide bonds. The van der Waals surface area contributed by atoms with Gasteiger partial charge in [0.25, 0.3) is 0 Å². The number of para-hydroxylation sites is 2. The lowest BCUT2D eigenvalue weighted by Crippen LogP contribution is -2.05. The lowest BCUT2D eigenvalue weighted by atomic mass is 10.1. The van der Waals surface area contributed by atoms with Crippen molar-refractivity contribution < 1.29 is 18.7 Å². The highest BCUT2D eigenvalue weighted by atomic mass is 16.5. The minimum Gasteiger partial charge on any atom is -0.489 e. The van der Waals surface area contributed by atoms with E-state index >= 15 is 0 Å². The maximum atomic E-state index is 11.8. The van der Waals surface area contributed by atoms with Crippen molar-refractivity contribution in [2.24, 2.45) is 0 Å². The summed E-state index contributed by atoms with van der Waals surface area (Å²) >= 11 is 0. The molecular weight excluding hydrogens is 268 g/mol. The van der Waals surface area contributed by atoms with E-state index in [0.29, 0.717) is 11.1 Å². The molecule has 4 nitrogen and oxygen atoms in total. The Bertz CT molecular complexity index is 759. The molecule has 3 aromatic rings. The molecule has 0 radical (unpaired) electrons. The highest BCUT2D eigenvalue weighted by molar-refractivity contribution is 5.95. The Balaban J connectivity index is 1.97. The molecule has 21 heavy (non-hydrogen) atoms. The van der Waals surface area contributed by atoms with Gasteiger partial charge in [-0.25, -0.2) is 4.79 Å². The molecule has 3 rings (SSSR count). The monoisotopic (exact) mass is 282 g/mol. The van der Waals surface area contributed by atoms with Crippen LogP contribution in [0.5, 0.6) is 5.75 Å². The summed E-state index contributed by atoms with van der Waals surface area (Å²) < 4.78 is 16.1. The van der Waals surface area contributed by atoms with Crippen LogP contribution in [0.3, 0.4) is 0 Å². The third-order valence-electron chi connectivity index (χ3n) is 3.20. The van der Waals surface area contributed by atoms with Crippen molar-refractivity contribution in [2.75, 3.05) is 7.11 Å². The van der Waals surface area contributed by atoms with Gasteiger partial charge in [0, 0.05) is 5.39 Å². The Kier molecular flexibility index (Phi) is 3.60.